The first kappa shape index (κ1) is 15.4. The molecule has 1 amide bonds. The van der Waals surface area contributed by atoms with E-state index in [0.717, 1.165) is 0 Å². The molecule has 5 heteroatoms. The van der Waals surface area contributed by atoms with Crippen molar-refractivity contribution in [1.82, 2.24) is 5.32 Å². The number of nitrogens with one attached hydrogen (secondary N) is 1. The van der Waals surface area contributed by atoms with Gasteiger partial charge in [-0.1, -0.05) is 6.07 Å². The second kappa shape index (κ2) is 6.52. The smallest absolute Gasteiger partial charge is 0.224 e. The second-order valence-corrected chi connectivity index (χ2v) is 5.05. The molecule has 0 aliphatic heterocycles. The number of aliphatic hydroxyl groups excluding tert-OH is 1. The third kappa shape index (κ3) is 4.87. The van der Waals surface area contributed by atoms with Crippen molar-refractivity contribution >= 4 is 5.91 Å². The highest BCUT2D eigenvalue weighted by molar-refractivity contribution is 5.79. The van der Waals surface area contributed by atoms with Crippen LogP contribution in [0.25, 0.3) is 0 Å². The van der Waals surface area contributed by atoms with Gasteiger partial charge >= 0.3 is 0 Å². The Morgan fingerprint density at radius 1 is 1.47 bits per heavy atom. The van der Waals surface area contributed by atoms with E-state index in [4.69, 9.17) is 9.84 Å². The predicted molar refractivity (Wildman–Crippen MR) is 70.6 cm³/mol. The van der Waals surface area contributed by atoms with Crippen LogP contribution in [0.5, 0.6) is 5.75 Å². The standard InChI is InChI=1S/C14H20FNO3/c1-14(2,6-7-17)16-13(18)9-10-4-5-12(19-3)11(15)8-10/h4-5,8,17H,6-7,9H2,1-3H3,(H,16,18). The van der Waals surface area contributed by atoms with E-state index in [1.165, 1.54) is 19.2 Å². The fourth-order valence-corrected chi connectivity index (χ4v) is 1.77. The first-order valence-electron chi connectivity index (χ1n) is 6.12. The molecule has 0 fully saturated rings. The van der Waals surface area contributed by atoms with Gasteiger partial charge < -0.3 is 15.2 Å². The summed E-state index contributed by atoms with van der Waals surface area (Å²) in [5.74, 6) is -0.532. The van der Waals surface area contributed by atoms with Gasteiger partial charge in [-0.05, 0) is 38.0 Å². The summed E-state index contributed by atoms with van der Waals surface area (Å²) in [6, 6.07) is 4.44. The summed E-state index contributed by atoms with van der Waals surface area (Å²) >= 11 is 0. The van der Waals surface area contributed by atoms with Gasteiger partial charge in [0.25, 0.3) is 0 Å². The van der Waals surface area contributed by atoms with Gasteiger partial charge in [-0.3, -0.25) is 4.79 Å². The lowest BCUT2D eigenvalue weighted by Crippen LogP contribution is -2.44. The van der Waals surface area contributed by atoms with Gasteiger partial charge in [0, 0.05) is 12.1 Å². The molecule has 4 nitrogen and oxygen atoms in total. The Hall–Kier alpha value is -1.62. The van der Waals surface area contributed by atoms with Crippen LogP contribution in [0.4, 0.5) is 4.39 Å². The summed E-state index contributed by atoms with van der Waals surface area (Å²) in [6.07, 6.45) is 0.561. The van der Waals surface area contributed by atoms with E-state index < -0.39 is 11.4 Å². The van der Waals surface area contributed by atoms with Gasteiger partial charge in [0.2, 0.25) is 5.91 Å². The number of ether oxygens (including phenoxy) is 1. The Bertz CT molecular complexity index is 446. The quantitative estimate of drug-likeness (QED) is 0.825. The molecule has 0 unspecified atom stereocenters. The molecule has 0 saturated carbocycles. The molecule has 2 N–H and O–H groups in total. The number of hydrogen-bond donors (Lipinski definition) is 2. The lowest BCUT2D eigenvalue weighted by atomic mass is 10.0. The Morgan fingerprint density at radius 2 is 2.16 bits per heavy atom. The van der Waals surface area contributed by atoms with Crippen LogP contribution in [0.1, 0.15) is 25.8 Å². The van der Waals surface area contributed by atoms with Crippen LogP contribution in [0.3, 0.4) is 0 Å². The monoisotopic (exact) mass is 269 g/mol. The SMILES string of the molecule is COc1ccc(CC(=O)NC(C)(C)CCO)cc1F. The lowest BCUT2D eigenvalue weighted by Gasteiger charge is -2.25. The maximum atomic E-state index is 13.5. The zero-order chi connectivity index (χ0) is 14.5. The molecule has 106 valence electrons. The molecule has 0 aliphatic carbocycles. The van der Waals surface area contributed by atoms with Crippen molar-refractivity contribution in [2.24, 2.45) is 0 Å². The van der Waals surface area contributed by atoms with Crippen molar-refractivity contribution in [3.8, 4) is 5.75 Å². The highest BCUT2D eigenvalue weighted by Crippen LogP contribution is 2.18. The van der Waals surface area contributed by atoms with Crippen LogP contribution in [0, 0.1) is 5.82 Å². The molecule has 1 rings (SSSR count). The third-order valence-corrected chi connectivity index (χ3v) is 2.80. The van der Waals surface area contributed by atoms with Crippen molar-refractivity contribution in [1.29, 1.82) is 0 Å². The molecular formula is C14H20FNO3. The number of carbonyl (C=O) groups is 1. The van der Waals surface area contributed by atoms with Gasteiger partial charge in [0.15, 0.2) is 11.6 Å². The first-order valence-corrected chi connectivity index (χ1v) is 6.12. The zero-order valence-electron chi connectivity index (χ0n) is 11.5. The van der Waals surface area contributed by atoms with Crippen LogP contribution in [0.15, 0.2) is 18.2 Å². The van der Waals surface area contributed by atoms with E-state index in [1.54, 1.807) is 6.07 Å². The molecular weight excluding hydrogens is 249 g/mol. The van der Waals surface area contributed by atoms with Crippen LogP contribution < -0.4 is 10.1 Å². The zero-order valence-corrected chi connectivity index (χ0v) is 11.5. The summed E-state index contributed by atoms with van der Waals surface area (Å²) in [5.41, 5.74) is 0.104. The number of halogens is 1. The van der Waals surface area contributed by atoms with Crippen molar-refractivity contribution in [3.63, 3.8) is 0 Å². The van der Waals surface area contributed by atoms with E-state index in [2.05, 4.69) is 5.32 Å². The van der Waals surface area contributed by atoms with Gasteiger partial charge in [0.1, 0.15) is 0 Å². The third-order valence-electron chi connectivity index (χ3n) is 2.80. The average molecular weight is 269 g/mol. The minimum atomic E-state index is -0.484. The molecule has 1 aromatic rings. The van der Waals surface area contributed by atoms with E-state index in [-0.39, 0.29) is 24.7 Å². The number of rotatable bonds is 6. The molecule has 0 atom stereocenters. The van der Waals surface area contributed by atoms with Gasteiger partial charge in [-0.15, -0.1) is 0 Å². The van der Waals surface area contributed by atoms with Crippen molar-refractivity contribution in [3.05, 3.63) is 29.6 Å². The predicted octanol–water partition coefficient (Wildman–Crippen LogP) is 1.65. The van der Waals surface area contributed by atoms with Crippen molar-refractivity contribution < 1.29 is 19.0 Å². The molecule has 0 aliphatic rings. The van der Waals surface area contributed by atoms with E-state index in [0.29, 0.717) is 12.0 Å². The maximum Gasteiger partial charge on any atom is 0.224 e. The van der Waals surface area contributed by atoms with Crippen molar-refractivity contribution in [2.45, 2.75) is 32.2 Å². The summed E-state index contributed by atoms with van der Waals surface area (Å²) in [6.45, 7) is 3.66. The lowest BCUT2D eigenvalue weighted by molar-refractivity contribution is -0.122. The topological polar surface area (TPSA) is 58.6 Å². The summed E-state index contributed by atoms with van der Waals surface area (Å²) in [4.78, 5) is 11.8. The summed E-state index contributed by atoms with van der Waals surface area (Å²) in [7, 11) is 1.39. The van der Waals surface area contributed by atoms with Crippen LogP contribution in [-0.4, -0.2) is 30.3 Å². The highest BCUT2D eigenvalue weighted by Gasteiger charge is 2.19. The Labute approximate surface area is 112 Å². The summed E-state index contributed by atoms with van der Waals surface area (Å²) in [5, 5.41) is 11.7. The minimum Gasteiger partial charge on any atom is -0.494 e. The number of amides is 1. The van der Waals surface area contributed by atoms with E-state index >= 15 is 0 Å². The molecule has 0 aromatic heterocycles. The molecule has 0 saturated heterocycles. The number of aliphatic hydroxyl groups is 1. The van der Waals surface area contributed by atoms with Gasteiger partial charge in [-0.25, -0.2) is 4.39 Å². The van der Waals surface area contributed by atoms with Crippen LogP contribution in [-0.2, 0) is 11.2 Å². The Balaban J connectivity index is 2.64. The second-order valence-electron chi connectivity index (χ2n) is 5.05. The highest BCUT2D eigenvalue weighted by atomic mass is 19.1. The summed E-state index contributed by atoms with van der Waals surface area (Å²) < 4.78 is 18.3. The number of hydrogen-bond acceptors (Lipinski definition) is 3. The molecule has 0 heterocycles. The average Bonchev–Trinajstić information content (AvgIpc) is 2.27. The molecule has 1 aromatic carbocycles. The van der Waals surface area contributed by atoms with Gasteiger partial charge in [-0.2, -0.15) is 0 Å². The number of carbonyl (C=O) groups excluding carboxylic acids is 1. The fraction of sp³-hybridized carbons (Fsp3) is 0.500. The number of methoxy groups -OCH3 is 1. The molecule has 0 spiro atoms. The van der Waals surface area contributed by atoms with E-state index in [1.807, 2.05) is 13.8 Å². The molecule has 0 bridgehead atoms. The molecule has 0 radical (unpaired) electrons. The number of benzene rings is 1. The van der Waals surface area contributed by atoms with Crippen LogP contribution in [0.2, 0.25) is 0 Å². The normalized spacial score (nSPS) is 11.2. The maximum absolute atomic E-state index is 13.5. The fourth-order valence-electron chi connectivity index (χ4n) is 1.77. The van der Waals surface area contributed by atoms with Crippen molar-refractivity contribution in [2.75, 3.05) is 13.7 Å². The Morgan fingerprint density at radius 3 is 2.68 bits per heavy atom. The Kier molecular flexibility index (Phi) is 5.30. The molecule has 19 heavy (non-hydrogen) atoms. The van der Waals surface area contributed by atoms with Gasteiger partial charge in [0.05, 0.1) is 13.5 Å². The van der Waals surface area contributed by atoms with Crippen LogP contribution >= 0.6 is 0 Å². The van der Waals surface area contributed by atoms with E-state index in [9.17, 15) is 9.18 Å². The minimum absolute atomic E-state index is 0.00441. The largest absolute Gasteiger partial charge is 0.494 e. The first-order chi connectivity index (χ1) is 8.88.